The largest absolute Gasteiger partial charge is 0.245 e. The van der Waals surface area contributed by atoms with Gasteiger partial charge in [0.25, 0.3) is 0 Å². The molecule has 0 fully saturated rings. The molecule has 2 aromatic heterocycles. The molecule has 0 saturated carbocycles. The van der Waals surface area contributed by atoms with E-state index in [1.165, 1.54) is 6.33 Å². The Bertz CT molecular complexity index is 441. The van der Waals surface area contributed by atoms with E-state index in [1.54, 1.807) is 6.20 Å². The van der Waals surface area contributed by atoms with Crippen molar-refractivity contribution < 1.29 is 0 Å². The maximum Gasteiger partial charge on any atom is 0.125 e. The van der Waals surface area contributed by atoms with Crippen molar-refractivity contribution in [1.29, 1.82) is 0 Å². The summed E-state index contributed by atoms with van der Waals surface area (Å²) >= 11 is 0. The van der Waals surface area contributed by atoms with Crippen molar-refractivity contribution in [3.05, 3.63) is 47.6 Å². The molecule has 0 aliphatic rings. The van der Waals surface area contributed by atoms with Crippen molar-refractivity contribution in [2.24, 2.45) is 0 Å². The maximum atomic E-state index is 4.16. The molecule has 0 amide bonds. The van der Waals surface area contributed by atoms with Gasteiger partial charge in [-0.25, -0.2) is 19.9 Å². The van der Waals surface area contributed by atoms with Crippen LogP contribution in [0.2, 0.25) is 0 Å². The molecule has 2 rings (SSSR count). The van der Waals surface area contributed by atoms with Crippen LogP contribution in [-0.2, 0) is 0 Å². The number of hydrogen-bond acceptors (Lipinski definition) is 4. The first-order valence-corrected chi connectivity index (χ1v) is 7.09. The van der Waals surface area contributed by atoms with Crippen LogP contribution in [0.4, 0.5) is 0 Å². The minimum Gasteiger partial charge on any atom is -0.245 e. The van der Waals surface area contributed by atoms with E-state index in [0.29, 0.717) is 0 Å². The number of aromatic nitrogens is 4. The van der Waals surface area contributed by atoms with Crippen LogP contribution < -0.4 is 0 Å². The number of rotatable bonds is 0. The van der Waals surface area contributed by atoms with Gasteiger partial charge < -0.3 is 0 Å². The predicted octanol–water partition coefficient (Wildman–Crippen LogP) is 4.24. The Hall–Kier alpha value is -1.84. The lowest BCUT2D eigenvalue weighted by Gasteiger charge is -1.96. The van der Waals surface area contributed by atoms with Gasteiger partial charge in [-0.05, 0) is 39.3 Å². The Kier molecular flexibility index (Phi) is 13.9. The Morgan fingerprint density at radius 2 is 1.45 bits per heavy atom. The van der Waals surface area contributed by atoms with E-state index >= 15 is 0 Å². The molecule has 0 unspecified atom stereocenters. The molecule has 0 N–H and O–H groups in total. The summed E-state index contributed by atoms with van der Waals surface area (Å²) in [5, 5.41) is 0. The molecule has 0 aliphatic heterocycles. The molecule has 0 aliphatic carbocycles. The van der Waals surface area contributed by atoms with E-state index < -0.39 is 0 Å². The van der Waals surface area contributed by atoms with Crippen LogP contribution in [-0.4, -0.2) is 19.9 Å². The molecular weight excluding hydrogens is 248 g/mol. The third kappa shape index (κ3) is 10.1. The van der Waals surface area contributed by atoms with Crippen LogP contribution in [0.15, 0.2) is 24.8 Å². The summed E-state index contributed by atoms with van der Waals surface area (Å²) in [5.41, 5.74) is 3.23. The van der Waals surface area contributed by atoms with Gasteiger partial charge in [0.15, 0.2) is 0 Å². The maximum absolute atomic E-state index is 4.16. The van der Waals surface area contributed by atoms with Crippen LogP contribution in [0.25, 0.3) is 0 Å². The van der Waals surface area contributed by atoms with Gasteiger partial charge in [0.05, 0.1) is 0 Å². The van der Waals surface area contributed by atoms with Crippen LogP contribution in [0.1, 0.15) is 50.5 Å². The second kappa shape index (κ2) is 13.6. The van der Waals surface area contributed by atoms with Gasteiger partial charge in [-0.15, -0.1) is 0 Å². The summed E-state index contributed by atoms with van der Waals surface area (Å²) < 4.78 is 0. The van der Waals surface area contributed by atoms with Crippen molar-refractivity contribution in [2.45, 2.75) is 55.4 Å². The first-order chi connectivity index (χ1) is 9.59. The van der Waals surface area contributed by atoms with Crippen molar-refractivity contribution in [3.63, 3.8) is 0 Å². The summed E-state index contributed by atoms with van der Waals surface area (Å²) in [6, 6.07) is 1.86. The smallest absolute Gasteiger partial charge is 0.125 e. The monoisotopic (exact) mass is 276 g/mol. The van der Waals surface area contributed by atoms with Gasteiger partial charge in [0.1, 0.15) is 12.2 Å². The second-order valence-electron chi connectivity index (χ2n) is 3.54. The lowest BCUT2D eigenvalue weighted by Crippen LogP contribution is -1.92. The van der Waals surface area contributed by atoms with E-state index in [1.807, 2.05) is 67.7 Å². The van der Waals surface area contributed by atoms with E-state index in [0.717, 1.165) is 22.8 Å². The van der Waals surface area contributed by atoms with Gasteiger partial charge in [-0.3, -0.25) is 0 Å². The standard InChI is InChI=1S/C7H10N2.C5H6N2.2C2H6/c1-5-4-8-7(3)9-6(5)2;1-5-2-3-6-4-7-5;2*1-2/h4H,1-3H3;2-4H,1H3;2*1-2H3. The Balaban J connectivity index is 0. The molecule has 0 saturated heterocycles. The molecule has 0 bridgehead atoms. The molecule has 0 aromatic carbocycles. The molecule has 0 spiro atoms. The zero-order valence-electron chi connectivity index (χ0n) is 14.1. The number of aryl methyl sites for hydroxylation is 4. The van der Waals surface area contributed by atoms with E-state index in [2.05, 4.69) is 19.9 Å². The molecule has 2 aromatic rings. The molecule has 20 heavy (non-hydrogen) atoms. The quantitative estimate of drug-likeness (QED) is 0.722. The lowest BCUT2D eigenvalue weighted by atomic mass is 10.3. The average Bonchev–Trinajstić information content (AvgIpc) is 2.49. The van der Waals surface area contributed by atoms with Crippen molar-refractivity contribution >= 4 is 0 Å². The topological polar surface area (TPSA) is 51.6 Å². The molecular formula is C16H28N4. The average molecular weight is 276 g/mol. The van der Waals surface area contributed by atoms with Gasteiger partial charge in [0, 0.05) is 23.8 Å². The third-order valence-electron chi connectivity index (χ3n) is 2.08. The highest BCUT2D eigenvalue weighted by atomic mass is 14.9. The second-order valence-corrected chi connectivity index (χ2v) is 3.54. The fourth-order valence-electron chi connectivity index (χ4n) is 1.00. The normalized spacial score (nSPS) is 8.00. The number of hydrogen-bond donors (Lipinski definition) is 0. The van der Waals surface area contributed by atoms with Crippen molar-refractivity contribution in [3.8, 4) is 0 Å². The highest BCUT2D eigenvalue weighted by Gasteiger charge is 1.91. The first kappa shape index (κ1) is 20.5. The molecule has 112 valence electrons. The molecule has 0 radical (unpaired) electrons. The van der Waals surface area contributed by atoms with Crippen LogP contribution >= 0.6 is 0 Å². The number of nitrogens with zero attached hydrogens (tertiary/aromatic N) is 4. The molecule has 2 heterocycles. The van der Waals surface area contributed by atoms with E-state index in [4.69, 9.17) is 0 Å². The van der Waals surface area contributed by atoms with Crippen LogP contribution in [0.3, 0.4) is 0 Å². The van der Waals surface area contributed by atoms with Gasteiger partial charge in [0.2, 0.25) is 0 Å². The van der Waals surface area contributed by atoms with Gasteiger partial charge in [-0.1, -0.05) is 27.7 Å². The summed E-state index contributed by atoms with van der Waals surface area (Å²) in [5.74, 6) is 0.845. The third-order valence-corrected chi connectivity index (χ3v) is 2.08. The molecule has 4 heteroatoms. The van der Waals surface area contributed by atoms with E-state index in [9.17, 15) is 0 Å². The van der Waals surface area contributed by atoms with Crippen LogP contribution in [0, 0.1) is 27.7 Å². The van der Waals surface area contributed by atoms with Gasteiger partial charge >= 0.3 is 0 Å². The van der Waals surface area contributed by atoms with Crippen molar-refractivity contribution in [1.82, 2.24) is 19.9 Å². The summed E-state index contributed by atoms with van der Waals surface area (Å²) in [7, 11) is 0. The zero-order valence-corrected chi connectivity index (χ0v) is 14.1. The SMILES string of the molecule is CC.CC.Cc1ccncn1.Cc1ncc(C)c(C)n1. The predicted molar refractivity (Wildman–Crippen MR) is 85.7 cm³/mol. The summed E-state index contributed by atoms with van der Waals surface area (Å²) in [6.07, 6.45) is 5.11. The molecule has 4 nitrogen and oxygen atoms in total. The Morgan fingerprint density at radius 3 is 1.75 bits per heavy atom. The molecule has 0 atom stereocenters. The van der Waals surface area contributed by atoms with Crippen molar-refractivity contribution in [2.75, 3.05) is 0 Å². The van der Waals surface area contributed by atoms with Gasteiger partial charge in [-0.2, -0.15) is 0 Å². The minimum absolute atomic E-state index is 0.845. The summed E-state index contributed by atoms with van der Waals surface area (Å²) in [4.78, 5) is 15.8. The lowest BCUT2D eigenvalue weighted by molar-refractivity contribution is 0.986. The fraction of sp³-hybridized carbons (Fsp3) is 0.500. The van der Waals surface area contributed by atoms with Crippen LogP contribution in [0.5, 0.6) is 0 Å². The highest BCUT2D eigenvalue weighted by Crippen LogP contribution is 1.99. The van der Waals surface area contributed by atoms with E-state index in [-0.39, 0.29) is 0 Å². The Labute approximate surface area is 123 Å². The fourth-order valence-corrected chi connectivity index (χ4v) is 1.00. The Morgan fingerprint density at radius 1 is 0.850 bits per heavy atom. The first-order valence-electron chi connectivity index (χ1n) is 7.09. The highest BCUT2D eigenvalue weighted by molar-refractivity contribution is 5.12. The minimum atomic E-state index is 0.845. The zero-order chi connectivity index (χ0) is 16.0. The summed E-state index contributed by atoms with van der Waals surface area (Å²) in [6.45, 7) is 15.8.